The SMILES string of the molecule is CC(C)C(c1ccc(F)cc1)n1cc(B2OC(C)(C)C(C)(C)O2)cn1. The minimum Gasteiger partial charge on any atom is -0.399 e. The number of rotatable bonds is 4. The molecule has 0 N–H and O–H groups in total. The molecule has 2 heterocycles. The predicted octanol–water partition coefficient (Wildman–Crippen LogP) is 3.57. The van der Waals surface area contributed by atoms with E-state index in [9.17, 15) is 4.39 Å². The van der Waals surface area contributed by atoms with Crippen LogP contribution in [0.5, 0.6) is 0 Å². The molecule has 1 aromatic heterocycles. The summed E-state index contributed by atoms with van der Waals surface area (Å²) in [5.41, 5.74) is 1.16. The molecule has 0 radical (unpaired) electrons. The van der Waals surface area contributed by atoms with Gasteiger partial charge in [0.15, 0.2) is 0 Å². The number of nitrogens with zero attached hydrogens (tertiary/aromatic N) is 2. The van der Waals surface area contributed by atoms with Gasteiger partial charge in [-0.05, 0) is 51.3 Å². The highest BCUT2D eigenvalue weighted by atomic mass is 19.1. The molecule has 1 unspecified atom stereocenters. The van der Waals surface area contributed by atoms with Crippen LogP contribution in [0, 0.1) is 11.7 Å². The molecule has 1 aliphatic heterocycles. The lowest BCUT2D eigenvalue weighted by molar-refractivity contribution is 0.00578. The van der Waals surface area contributed by atoms with Crippen LogP contribution in [-0.4, -0.2) is 28.1 Å². The third kappa shape index (κ3) is 3.38. The highest BCUT2D eigenvalue weighted by molar-refractivity contribution is 6.62. The van der Waals surface area contributed by atoms with Crippen LogP contribution in [0.3, 0.4) is 0 Å². The molecule has 4 nitrogen and oxygen atoms in total. The van der Waals surface area contributed by atoms with Crippen LogP contribution in [-0.2, 0) is 9.31 Å². The molecule has 134 valence electrons. The molecule has 1 aliphatic rings. The number of hydrogen-bond donors (Lipinski definition) is 0. The van der Waals surface area contributed by atoms with Gasteiger partial charge in [-0.1, -0.05) is 26.0 Å². The standard InChI is InChI=1S/C19H26BFN2O2/c1-13(2)17(14-7-9-16(21)10-8-14)23-12-15(11-22-23)20-24-18(3,4)19(5,6)25-20/h7-13,17H,1-6H3. The first-order chi connectivity index (χ1) is 11.6. The largest absolute Gasteiger partial charge is 0.498 e. The van der Waals surface area contributed by atoms with Gasteiger partial charge in [0.1, 0.15) is 5.82 Å². The lowest BCUT2D eigenvalue weighted by Crippen LogP contribution is -2.41. The maximum absolute atomic E-state index is 13.3. The second-order valence-electron chi connectivity index (χ2n) is 8.08. The lowest BCUT2D eigenvalue weighted by Gasteiger charge is -2.32. The molecule has 1 atom stereocenters. The first-order valence-corrected chi connectivity index (χ1v) is 8.76. The number of hydrogen-bond acceptors (Lipinski definition) is 3. The molecule has 0 bridgehead atoms. The Morgan fingerprint density at radius 1 is 1.04 bits per heavy atom. The van der Waals surface area contributed by atoms with Crippen molar-refractivity contribution in [3.8, 4) is 0 Å². The topological polar surface area (TPSA) is 36.3 Å². The first kappa shape index (κ1) is 18.1. The smallest absolute Gasteiger partial charge is 0.399 e. The van der Waals surface area contributed by atoms with Gasteiger partial charge < -0.3 is 9.31 Å². The summed E-state index contributed by atoms with van der Waals surface area (Å²) in [6.07, 6.45) is 3.76. The Labute approximate surface area is 149 Å². The molecule has 0 spiro atoms. The van der Waals surface area contributed by atoms with Crippen molar-refractivity contribution in [2.75, 3.05) is 0 Å². The Balaban J connectivity index is 1.88. The molecule has 3 rings (SSSR count). The van der Waals surface area contributed by atoms with Crippen molar-refractivity contribution in [1.82, 2.24) is 9.78 Å². The second kappa shape index (κ2) is 6.25. The zero-order valence-corrected chi connectivity index (χ0v) is 15.8. The summed E-state index contributed by atoms with van der Waals surface area (Å²) in [6, 6.07) is 6.63. The molecule has 2 aromatic rings. The fraction of sp³-hybridized carbons (Fsp3) is 0.526. The zero-order chi connectivity index (χ0) is 18.4. The van der Waals surface area contributed by atoms with Crippen molar-refractivity contribution >= 4 is 12.6 Å². The van der Waals surface area contributed by atoms with Crippen LogP contribution < -0.4 is 5.46 Å². The van der Waals surface area contributed by atoms with Gasteiger partial charge in [0.2, 0.25) is 0 Å². The quantitative estimate of drug-likeness (QED) is 0.796. The maximum atomic E-state index is 13.3. The summed E-state index contributed by atoms with van der Waals surface area (Å²) < 4.78 is 27.4. The Hall–Kier alpha value is -1.66. The average molecular weight is 344 g/mol. The van der Waals surface area contributed by atoms with Crippen molar-refractivity contribution in [1.29, 1.82) is 0 Å². The van der Waals surface area contributed by atoms with Gasteiger partial charge in [-0.3, -0.25) is 4.68 Å². The normalized spacial score (nSPS) is 20.2. The third-order valence-corrected chi connectivity index (χ3v) is 5.27. The van der Waals surface area contributed by atoms with E-state index in [1.54, 1.807) is 6.20 Å². The van der Waals surface area contributed by atoms with Crippen molar-refractivity contribution in [2.45, 2.75) is 58.8 Å². The summed E-state index contributed by atoms with van der Waals surface area (Å²) in [6.45, 7) is 12.4. The van der Waals surface area contributed by atoms with Gasteiger partial charge in [0.05, 0.1) is 17.2 Å². The molecule has 0 amide bonds. The average Bonchev–Trinajstić information content (AvgIpc) is 3.04. The van der Waals surface area contributed by atoms with Gasteiger partial charge in [-0.15, -0.1) is 0 Å². The molecule has 25 heavy (non-hydrogen) atoms. The number of aromatic nitrogens is 2. The molecule has 1 fully saturated rings. The van der Waals surface area contributed by atoms with Gasteiger partial charge >= 0.3 is 7.12 Å². The molecule has 0 aliphatic carbocycles. The second-order valence-corrected chi connectivity index (χ2v) is 8.08. The molecule has 1 aromatic carbocycles. The Morgan fingerprint density at radius 3 is 2.12 bits per heavy atom. The summed E-state index contributed by atoms with van der Waals surface area (Å²) >= 11 is 0. The van der Waals surface area contributed by atoms with E-state index in [0.29, 0.717) is 5.92 Å². The molecular formula is C19H26BFN2O2. The number of benzene rings is 1. The third-order valence-electron chi connectivity index (χ3n) is 5.27. The van der Waals surface area contributed by atoms with Gasteiger partial charge in [0.25, 0.3) is 0 Å². The Morgan fingerprint density at radius 2 is 1.60 bits per heavy atom. The van der Waals surface area contributed by atoms with Crippen LogP contribution >= 0.6 is 0 Å². The highest BCUT2D eigenvalue weighted by Crippen LogP contribution is 2.36. The maximum Gasteiger partial charge on any atom is 0.498 e. The van der Waals surface area contributed by atoms with E-state index in [4.69, 9.17) is 9.31 Å². The van der Waals surface area contributed by atoms with Crippen LogP contribution in [0.25, 0.3) is 0 Å². The Bertz CT molecular complexity index is 724. The fourth-order valence-corrected chi connectivity index (χ4v) is 3.11. The van der Waals surface area contributed by atoms with Crippen LogP contribution in [0.4, 0.5) is 4.39 Å². The predicted molar refractivity (Wildman–Crippen MR) is 97.3 cm³/mol. The molecule has 6 heteroatoms. The zero-order valence-electron chi connectivity index (χ0n) is 15.8. The molecular weight excluding hydrogens is 318 g/mol. The molecule has 0 saturated carbocycles. The van der Waals surface area contributed by atoms with E-state index in [1.807, 2.05) is 50.7 Å². The van der Waals surface area contributed by atoms with Gasteiger partial charge in [0, 0.05) is 17.9 Å². The van der Waals surface area contributed by atoms with Crippen molar-refractivity contribution in [3.63, 3.8) is 0 Å². The van der Waals surface area contributed by atoms with Crippen LogP contribution in [0.15, 0.2) is 36.7 Å². The first-order valence-electron chi connectivity index (χ1n) is 8.76. The van der Waals surface area contributed by atoms with Crippen molar-refractivity contribution < 1.29 is 13.7 Å². The van der Waals surface area contributed by atoms with E-state index in [0.717, 1.165) is 11.0 Å². The molecule has 1 saturated heterocycles. The van der Waals surface area contributed by atoms with E-state index in [1.165, 1.54) is 12.1 Å². The van der Waals surface area contributed by atoms with Crippen LogP contribution in [0.2, 0.25) is 0 Å². The minimum atomic E-state index is -0.431. The summed E-state index contributed by atoms with van der Waals surface area (Å²) in [4.78, 5) is 0. The van der Waals surface area contributed by atoms with Crippen molar-refractivity contribution in [3.05, 3.63) is 48.0 Å². The summed E-state index contributed by atoms with van der Waals surface area (Å²) in [5.74, 6) is 0.0705. The van der Waals surface area contributed by atoms with E-state index in [-0.39, 0.29) is 23.1 Å². The fourth-order valence-electron chi connectivity index (χ4n) is 3.11. The van der Waals surface area contributed by atoms with E-state index < -0.39 is 7.12 Å². The van der Waals surface area contributed by atoms with Gasteiger partial charge in [-0.25, -0.2) is 4.39 Å². The van der Waals surface area contributed by atoms with E-state index >= 15 is 0 Å². The van der Waals surface area contributed by atoms with E-state index in [2.05, 4.69) is 18.9 Å². The number of halogens is 1. The van der Waals surface area contributed by atoms with Crippen molar-refractivity contribution in [2.24, 2.45) is 5.92 Å². The summed E-state index contributed by atoms with van der Waals surface area (Å²) in [7, 11) is -0.431. The van der Waals surface area contributed by atoms with Gasteiger partial charge in [-0.2, -0.15) is 5.10 Å². The Kier molecular flexibility index (Phi) is 4.54. The van der Waals surface area contributed by atoms with Crippen LogP contribution in [0.1, 0.15) is 53.1 Å². The monoisotopic (exact) mass is 344 g/mol. The lowest BCUT2D eigenvalue weighted by atomic mass is 9.82. The summed E-state index contributed by atoms with van der Waals surface area (Å²) in [5, 5.41) is 4.54. The highest BCUT2D eigenvalue weighted by Gasteiger charge is 2.52. The minimum absolute atomic E-state index is 0.0248.